The van der Waals surface area contributed by atoms with E-state index in [1.54, 1.807) is 6.07 Å². The van der Waals surface area contributed by atoms with Crippen molar-refractivity contribution in [1.82, 2.24) is 10.2 Å². The molecular formula is C17H20N4O. The van der Waals surface area contributed by atoms with Crippen molar-refractivity contribution in [3.63, 3.8) is 0 Å². The van der Waals surface area contributed by atoms with Gasteiger partial charge in [-0.25, -0.2) is 0 Å². The molecule has 1 aromatic carbocycles. The summed E-state index contributed by atoms with van der Waals surface area (Å²) in [4.78, 5) is 14.4. The van der Waals surface area contributed by atoms with Crippen LogP contribution in [0.2, 0.25) is 0 Å². The highest BCUT2D eigenvalue weighted by Gasteiger charge is 2.15. The lowest BCUT2D eigenvalue weighted by Crippen LogP contribution is -2.21. The topological polar surface area (TPSA) is 58.1 Å². The van der Waals surface area contributed by atoms with Gasteiger partial charge in [0.25, 0.3) is 5.91 Å². The van der Waals surface area contributed by atoms with Crippen molar-refractivity contribution in [3.8, 4) is 0 Å². The Kier molecular flexibility index (Phi) is 4.04. The van der Waals surface area contributed by atoms with Crippen LogP contribution >= 0.6 is 0 Å². The van der Waals surface area contributed by atoms with Crippen molar-refractivity contribution in [3.05, 3.63) is 47.2 Å². The van der Waals surface area contributed by atoms with Gasteiger partial charge in [-0.2, -0.15) is 0 Å². The number of aromatic nitrogens is 2. The van der Waals surface area contributed by atoms with Gasteiger partial charge in [0, 0.05) is 18.8 Å². The molecule has 114 valence electrons. The van der Waals surface area contributed by atoms with E-state index in [1.807, 2.05) is 38.1 Å². The molecule has 0 bridgehead atoms. The molecule has 1 aliphatic rings. The van der Waals surface area contributed by atoms with Crippen LogP contribution in [0.1, 0.15) is 34.5 Å². The van der Waals surface area contributed by atoms with Gasteiger partial charge < -0.3 is 10.2 Å². The van der Waals surface area contributed by atoms with E-state index in [9.17, 15) is 4.79 Å². The monoisotopic (exact) mass is 296 g/mol. The average Bonchev–Trinajstić information content (AvgIpc) is 3.04. The normalized spacial score (nSPS) is 14.2. The molecule has 1 amide bonds. The lowest BCUT2D eigenvalue weighted by molar-refractivity contribution is 0.102. The second-order valence-corrected chi connectivity index (χ2v) is 5.74. The standard InChI is InChI=1S/C17H20N4O/c1-12-5-6-14(13(2)11-12)18-17(22)15-7-8-16(20-19-15)21-9-3-4-10-21/h5-8,11H,3-4,9-10H2,1-2H3,(H,18,22). The molecule has 0 saturated carbocycles. The van der Waals surface area contributed by atoms with Crippen LogP contribution in [0.4, 0.5) is 11.5 Å². The highest BCUT2D eigenvalue weighted by molar-refractivity contribution is 6.03. The van der Waals surface area contributed by atoms with Crippen molar-refractivity contribution in [2.75, 3.05) is 23.3 Å². The molecule has 5 heteroatoms. The maximum absolute atomic E-state index is 12.3. The van der Waals surface area contributed by atoms with Gasteiger partial charge in [0.15, 0.2) is 11.5 Å². The van der Waals surface area contributed by atoms with Crippen molar-refractivity contribution >= 4 is 17.4 Å². The molecule has 2 aromatic rings. The van der Waals surface area contributed by atoms with Crippen molar-refractivity contribution in [1.29, 1.82) is 0 Å². The maximum atomic E-state index is 12.3. The van der Waals surface area contributed by atoms with Gasteiger partial charge in [0.05, 0.1) is 0 Å². The molecule has 0 unspecified atom stereocenters. The fraction of sp³-hybridized carbons (Fsp3) is 0.353. The van der Waals surface area contributed by atoms with Crippen molar-refractivity contribution in [2.24, 2.45) is 0 Å². The van der Waals surface area contributed by atoms with E-state index in [4.69, 9.17) is 0 Å². The summed E-state index contributed by atoms with van der Waals surface area (Å²) in [7, 11) is 0. The van der Waals surface area contributed by atoms with Crippen LogP contribution in [0.15, 0.2) is 30.3 Å². The quantitative estimate of drug-likeness (QED) is 0.946. The molecule has 1 fully saturated rings. The second-order valence-electron chi connectivity index (χ2n) is 5.74. The fourth-order valence-corrected chi connectivity index (χ4v) is 2.70. The molecule has 3 rings (SSSR count). The smallest absolute Gasteiger partial charge is 0.276 e. The Hall–Kier alpha value is -2.43. The molecular weight excluding hydrogens is 276 g/mol. The molecule has 22 heavy (non-hydrogen) atoms. The number of aryl methyl sites for hydroxylation is 2. The minimum absolute atomic E-state index is 0.229. The lowest BCUT2D eigenvalue weighted by atomic mass is 10.1. The van der Waals surface area contributed by atoms with Crippen molar-refractivity contribution in [2.45, 2.75) is 26.7 Å². The van der Waals surface area contributed by atoms with Gasteiger partial charge in [-0.15, -0.1) is 10.2 Å². The van der Waals surface area contributed by atoms with Gasteiger partial charge in [0.2, 0.25) is 0 Å². The van der Waals surface area contributed by atoms with Crippen LogP contribution in [0.25, 0.3) is 0 Å². The molecule has 2 heterocycles. The molecule has 1 N–H and O–H groups in total. The fourth-order valence-electron chi connectivity index (χ4n) is 2.70. The average molecular weight is 296 g/mol. The largest absolute Gasteiger partial charge is 0.355 e. The number of hydrogen-bond donors (Lipinski definition) is 1. The zero-order valence-corrected chi connectivity index (χ0v) is 13.0. The van der Waals surface area contributed by atoms with Gasteiger partial charge in [-0.3, -0.25) is 4.79 Å². The Labute approximate surface area is 130 Å². The number of carbonyl (C=O) groups excluding carboxylic acids is 1. The summed E-state index contributed by atoms with van der Waals surface area (Å²) in [6.07, 6.45) is 2.38. The highest BCUT2D eigenvalue weighted by Crippen LogP contribution is 2.18. The van der Waals surface area contributed by atoms with Crippen LogP contribution < -0.4 is 10.2 Å². The zero-order chi connectivity index (χ0) is 15.5. The summed E-state index contributed by atoms with van der Waals surface area (Å²) in [5.74, 6) is 0.619. The third-order valence-electron chi connectivity index (χ3n) is 3.94. The molecule has 0 atom stereocenters. The first-order valence-electron chi connectivity index (χ1n) is 7.61. The summed E-state index contributed by atoms with van der Waals surface area (Å²) < 4.78 is 0. The summed E-state index contributed by atoms with van der Waals surface area (Å²) in [6.45, 7) is 6.04. The number of carbonyl (C=O) groups is 1. The van der Waals surface area contributed by atoms with E-state index in [0.717, 1.165) is 30.2 Å². The van der Waals surface area contributed by atoms with Crippen LogP contribution in [-0.4, -0.2) is 29.2 Å². The summed E-state index contributed by atoms with van der Waals surface area (Å²) in [5.41, 5.74) is 3.35. The predicted molar refractivity (Wildman–Crippen MR) is 87.3 cm³/mol. The number of rotatable bonds is 3. The number of hydrogen-bond acceptors (Lipinski definition) is 4. The predicted octanol–water partition coefficient (Wildman–Crippen LogP) is 2.95. The summed E-state index contributed by atoms with van der Waals surface area (Å²) in [5, 5.41) is 11.1. The Morgan fingerprint density at radius 3 is 2.50 bits per heavy atom. The Morgan fingerprint density at radius 1 is 1.09 bits per heavy atom. The van der Waals surface area contributed by atoms with Crippen LogP contribution in [0.5, 0.6) is 0 Å². The van der Waals surface area contributed by atoms with E-state index in [2.05, 4.69) is 20.4 Å². The third kappa shape index (κ3) is 3.08. The highest BCUT2D eigenvalue weighted by atomic mass is 16.1. The van der Waals surface area contributed by atoms with E-state index in [0.29, 0.717) is 5.69 Å². The van der Waals surface area contributed by atoms with E-state index >= 15 is 0 Å². The Morgan fingerprint density at radius 2 is 1.86 bits per heavy atom. The minimum atomic E-state index is -0.229. The second kappa shape index (κ2) is 6.13. The van der Waals surface area contributed by atoms with E-state index in [-0.39, 0.29) is 5.91 Å². The van der Waals surface area contributed by atoms with E-state index in [1.165, 1.54) is 18.4 Å². The molecule has 0 radical (unpaired) electrons. The maximum Gasteiger partial charge on any atom is 0.276 e. The first-order valence-corrected chi connectivity index (χ1v) is 7.61. The molecule has 1 aliphatic heterocycles. The number of amides is 1. The van der Waals surface area contributed by atoms with Crippen molar-refractivity contribution < 1.29 is 4.79 Å². The van der Waals surface area contributed by atoms with E-state index < -0.39 is 0 Å². The molecule has 1 aromatic heterocycles. The van der Waals surface area contributed by atoms with Gasteiger partial charge in [-0.05, 0) is 50.5 Å². The minimum Gasteiger partial charge on any atom is -0.355 e. The number of nitrogens with one attached hydrogen (secondary N) is 1. The number of benzene rings is 1. The number of nitrogens with zero attached hydrogens (tertiary/aromatic N) is 3. The summed E-state index contributed by atoms with van der Waals surface area (Å²) >= 11 is 0. The first kappa shape index (κ1) is 14.5. The number of anilines is 2. The van der Waals surface area contributed by atoms with Crippen LogP contribution in [0, 0.1) is 13.8 Å². The zero-order valence-electron chi connectivity index (χ0n) is 13.0. The van der Waals surface area contributed by atoms with Gasteiger partial charge >= 0.3 is 0 Å². The molecule has 0 aliphatic carbocycles. The van der Waals surface area contributed by atoms with Crippen LogP contribution in [-0.2, 0) is 0 Å². The lowest BCUT2D eigenvalue weighted by Gasteiger charge is -2.15. The molecule has 0 spiro atoms. The molecule has 5 nitrogen and oxygen atoms in total. The molecule has 1 saturated heterocycles. The van der Waals surface area contributed by atoms with Crippen LogP contribution in [0.3, 0.4) is 0 Å². The Balaban J connectivity index is 1.71. The van der Waals surface area contributed by atoms with Gasteiger partial charge in [-0.1, -0.05) is 17.7 Å². The SMILES string of the molecule is Cc1ccc(NC(=O)c2ccc(N3CCCC3)nn2)c(C)c1. The third-order valence-corrected chi connectivity index (χ3v) is 3.94. The summed E-state index contributed by atoms with van der Waals surface area (Å²) in [6, 6.07) is 9.53. The Bertz CT molecular complexity index is 676. The van der Waals surface area contributed by atoms with Gasteiger partial charge in [0.1, 0.15) is 0 Å². The first-order chi connectivity index (χ1) is 10.6.